The summed E-state index contributed by atoms with van der Waals surface area (Å²) in [6, 6.07) is 8.20. The number of thioether (sulfide) groups is 1. The molecule has 3 rings (SSSR count). The maximum atomic E-state index is 12.2. The Morgan fingerprint density at radius 1 is 1.45 bits per heavy atom. The summed E-state index contributed by atoms with van der Waals surface area (Å²) in [4.78, 5) is 19.7. The summed E-state index contributed by atoms with van der Waals surface area (Å²) in [5.74, 6) is 1.03. The van der Waals surface area contributed by atoms with E-state index in [-0.39, 0.29) is 11.9 Å². The fourth-order valence-corrected chi connectivity index (χ4v) is 4.15. The number of carbonyl (C=O) groups excluding carboxylic acids is 1. The quantitative estimate of drug-likeness (QED) is 0.921. The number of carbonyl (C=O) groups is 1. The van der Waals surface area contributed by atoms with Gasteiger partial charge in [-0.3, -0.25) is 4.79 Å². The maximum absolute atomic E-state index is 12.2. The number of nitrogens with zero attached hydrogens (tertiary/aromatic N) is 2. The van der Waals surface area contributed by atoms with Crippen molar-refractivity contribution in [2.24, 2.45) is 0 Å². The highest BCUT2D eigenvalue weighted by Gasteiger charge is 2.22. The van der Waals surface area contributed by atoms with E-state index in [0.29, 0.717) is 0 Å². The van der Waals surface area contributed by atoms with Gasteiger partial charge in [-0.05, 0) is 37.6 Å². The molecular weight excluding hydrogens is 314 g/mol. The fourth-order valence-electron chi connectivity index (χ4n) is 2.27. The van der Waals surface area contributed by atoms with Crippen LogP contribution in [0.3, 0.4) is 0 Å². The van der Waals surface area contributed by atoms with Crippen LogP contribution in [0.15, 0.2) is 35.5 Å². The second kappa shape index (κ2) is 6.71. The third-order valence-corrected chi connectivity index (χ3v) is 5.75. The average Bonchev–Trinajstić information content (AvgIpc) is 3.04. The van der Waals surface area contributed by atoms with Crippen LogP contribution < -0.4 is 10.2 Å². The van der Waals surface area contributed by atoms with Crippen molar-refractivity contribution in [2.45, 2.75) is 31.3 Å². The van der Waals surface area contributed by atoms with Gasteiger partial charge >= 0.3 is 0 Å². The minimum absolute atomic E-state index is 0.0170. The third kappa shape index (κ3) is 3.13. The zero-order valence-electron chi connectivity index (χ0n) is 12.7. The Balaban J connectivity index is 1.82. The van der Waals surface area contributed by atoms with Crippen LogP contribution in [0.2, 0.25) is 0 Å². The van der Waals surface area contributed by atoms with E-state index in [1.807, 2.05) is 31.3 Å². The van der Waals surface area contributed by atoms with Gasteiger partial charge in [-0.25, -0.2) is 4.98 Å². The molecule has 0 aliphatic carbocycles. The van der Waals surface area contributed by atoms with E-state index in [9.17, 15) is 4.79 Å². The summed E-state index contributed by atoms with van der Waals surface area (Å²) in [5, 5.41) is 5.18. The molecule has 1 amide bonds. The molecule has 1 aliphatic heterocycles. The Labute approximate surface area is 138 Å². The third-order valence-electron chi connectivity index (χ3n) is 3.67. The van der Waals surface area contributed by atoms with Gasteiger partial charge in [0.05, 0.1) is 15.6 Å². The second-order valence-corrected chi connectivity index (χ2v) is 7.39. The molecule has 0 fully saturated rings. The van der Waals surface area contributed by atoms with E-state index in [1.54, 1.807) is 23.1 Å². The van der Waals surface area contributed by atoms with Gasteiger partial charge in [0, 0.05) is 24.5 Å². The molecule has 0 saturated carbocycles. The van der Waals surface area contributed by atoms with Crippen LogP contribution in [-0.2, 0) is 0 Å². The van der Waals surface area contributed by atoms with Crippen LogP contribution in [-0.4, -0.2) is 29.2 Å². The molecule has 0 spiro atoms. The Kier molecular flexibility index (Phi) is 4.69. The van der Waals surface area contributed by atoms with Gasteiger partial charge in [0.2, 0.25) is 0 Å². The highest BCUT2D eigenvalue weighted by Crippen LogP contribution is 2.39. The van der Waals surface area contributed by atoms with Crippen molar-refractivity contribution < 1.29 is 4.79 Å². The number of amides is 1. The Morgan fingerprint density at radius 2 is 2.32 bits per heavy atom. The van der Waals surface area contributed by atoms with Gasteiger partial charge in [0.1, 0.15) is 5.03 Å². The van der Waals surface area contributed by atoms with Crippen LogP contribution >= 0.6 is 23.1 Å². The van der Waals surface area contributed by atoms with E-state index in [4.69, 9.17) is 0 Å². The Morgan fingerprint density at radius 3 is 3.14 bits per heavy atom. The number of thiophene rings is 1. The lowest BCUT2D eigenvalue weighted by Gasteiger charge is -2.28. The molecule has 0 radical (unpaired) electrons. The molecule has 4 nitrogen and oxygen atoms in total. The number of rotatable bonds is 4. The summed E-state index contributed by atoms with van der Waals surface area (Å²) in [6.07, 6.45) is 2.77. The number of fused-ring (bicyclic) bond motifs is 1. The molecule has 0 saturated heterocycles. The van der Waals surface area contributed by atoms with E-state index in [1.165, 1.54) is 0 Å². The fraction of sp³-hybridized carbons (Fsp3) is 0.375. The first-order valence-electron chi connectivity index (χ1n) is 7.45. The molecule has 2 aromatic rings. The van der Waals surface area contributed by atoms with Gasteiger partial charge < -0.3 is 10.2 Å². The van der Waals surface area contributed by atoms with E-state index in [2.05, 4.69) is 28.2 Å². The van der Waals surface area contributed by atoms with Crippen LogP contribution in [0.5, 0.6) is 0 Å². The lowest BCUT2D eigenvalue weighted by atomic mass is 10.2. The number of pyridine rings is 1. The van der Waals surface area contributed by atoms with Gasteiger partial charge in [-0.2, -0.15) is 0 Å². The van der Waals surface area contributed by atoms with Crippen molar-refractivity contribution in [2.75, 3.05) is 17.2 Å². The van der Waals surface area contributed by atoms with Crippen molar-refractivity contribution in [3.8, 4) is 0 Å². The van der Waals surface area contributed by atoms with Gasteiger partial charge in [-0.15, -0.1) is 23.1 Å². The van der Waals surface area contributed by atoms with E-state index in [0.717, 1.165) is 39.3 Å². The average molecular weight is 333 g/mol. The molecule has 0 aromatic carbocycles. The van der Waals surface area contributed by atoms with Gasteiger partial charge in [-0.1, -0.05) is 6.92 Å². The number of hydrogen-bond acceptors (Lipinski definition) is 5. The number of aromatic nitrogens is 1. The van der Waals surface area contributed by atoms with Gasteiger partial charge in [0.15, 0.2) is 0 Å². The minimum Gasteiger partial charge on any atom is -0.349 e. The van der Waals surface area contributed by atoms with Gasteiger partial charge in [0.25, 0.3) is 5.91 Å². The first-order valence-corrected chi connectivity index (χ1v) is 9.25. The first kappa shape index (κ1) is 15.4. The van der Waals surface area contributed by atoms with Crippen molar-refractivity contribution in [3.05, 3.63) is 35.3 Å². The lowest BCUT2D eigenvalue weighted by Crippen LogP contribution is -2.31. The van der Waals surface area contributed by atoms with Crippen molar-refractivity contribution in [3.63, 3.8) is 0 Å². The molecule has 6 heteroatoms. The van der Waals surface area contributed by atoms with Crippen LogP contribution in [0, 0.1) is 0 Å². The standard InChI is InChI=1S/C16H19N3OS2/c1-3-11(2)18-15(20)13-6-7-14(22-13)19-9-10-21-16-12(19)5-4-8-17-16/h4-8,11H,3,9-10H2,1-2H3,(H,18,20)/t11-/m0/s1. The van der Waals surface area contributed by atoms with Crippen LogP contribution in [0.1, 0.15) is 29.9 Å². The molecule has 0 bridgehead atoms. The second-order valence-electron chi connectivity index (χ2n) is 5.25. The summed E-state index contributed by atoms with van der Waals surface area (Å²) in [6.45, 7) is 5.03. The molecule has 1 N–H and O–H groups in total. The number of hydrogen-bond donors (Lipinski definition) is 1. The summed E-state index contributed by atoms with van der Waals surface area (Å²) < 4.78 is 0. The zero-order chi connectivity index (χ0) is 15.5. The molecule has 1 aliphatic rings. The van der Waals surface area contributed by atoms with Crippen molar-refractivity contribution >= 4 is 39.7 Å². The summed E-state index contributed by atoms with van der Waals surface area (Å²) in [7, 11) is 0. The summed E-state index contributed by atoms with van der Waals surface area (Å²) in [5.41, 5.74) is 1.13. The van der Waals surface area contributed by atoms with Crippen molar-refractivity contribution in [1.29, 1.82) is 0 Å². The topological polar surface area (TPSA) is 45.2 Å². The number of anilines is 2. The van der Waals surface area contributed by atoms with Crippen molar-refractivity contribution in [1.82, 2.24) is 10.3 Å². The Hall–Kier alpha value is -1.53. The molecule has 116 valence electrons. The molecule has 1 atom stereocenters. The molecule has 22 heavy (non-hydrogen) atoms. The smallest absolute Gasteiger partial charge is 0.261 e. The number of nitrogens with one attached hydrogen (secondary N) is 1. The first-order chi connectivity index (χ1) is 10.7. The highest BCUT2D eigenvalue weighted by atomic mass is 32.2. The Bertz CT molecular complexity index is 671. The molecule has 3 heterocycles. The van der Waals surface area contributed by atoms with E-state index < -0.39 is 0 Å². The lowest BCUT2D eigenvalue weighted by molar-refractivity contribution is 0.0943. The minimum atomic E-state index is 0.0170. The normalized spacial score (nSPS) is 15.3. The van der Waals surface area contributed by atoms with Crippen LogP contribution in [0.4, 0.5) is 10.7 Å². The monoisotopic (exact) mass is 333 g/mol. The predicted molar refractivity (Wildman–Crippen MR) is 93.5 cm³/mol. The predicted octanol–water partition coefficient (Wildman–Crippen LogP) is 3.92. The van der Waals surface area contributed by atoms with E-state index >= 15 is 0 Å². The molecule has 0 unspecified atom stereocenters. The SMILES string of the molecule is CC[C@H](C)NC(=O)c1ccc(N2CCSc3ncccc32)s1. The maximum Gasteiger partial charge on any atom is 0.261 e. The molecule has 2 aromatic heterocycles. The largest absolute Gasteiger partial charge is 0.349 e. The highest BCUT2D eigenvalue weighted by molar-refractivity contribution is 7.99. The zero-order valence-corrected chi connectivity index (χ0v) is 14.3. The molecular formula is C16H19N3OS2. The van der Waals surface area contributed by atoms with Crippen LogP contribution in [0.25, 0.3) is 0 Å². The summed E-state index contributed by atoms with van der Waals surface area (Å²) >= 11 is 3.32.